The molecule has 0 aromatic rings. The van der Waals surface area contributed by atoms with E-state index in [4.69, 9.17) is 4.74 Å². The third kappa shape index (κ3) is 4.05. The maximum absolute atomic E-state index is 11.5. The summed E-state index contributed by atoms with van der Waals surface area (Å²) in [4.78, 5) is 11.5. The Labute approximate surface area is 86.3 Å². The molecule has 2 nitrogen and oxygen atoms in total. The first kappa shape index (κ1) is 11.4. The van der Waals surface area contributed by atoms with Gasteiger partial charge in [-0.1, -0.05) is 18.4 Å². The molecule has 0 N–H and O–H groups in total. The van der Waals surface area contributed by atoms with Crippen LogP contribution in [0, 0.1) is 5.92 Å². The minimum Gasteiger partial charge on any atom is -0.373 e. The molecular formula is C12H20O2. The van der Waals surface area contributed by atoms with Gasteiger partial charge in [-0.15, -0.1) is 6.58 Å². The average Bonchev–Trinajstić information content (AvgIpc) is 2.64. The molecule has 0 radical (unpaired) electrons. The fourth-order valence-corrected chi connectivity index (χ4v) is 1.78. The van der Waals surface area contributed by atoms with Crippen molar-refractivity contribution in [3.63, 3.8) is 0 Å². The molecule has 1 aliphatic carbocycles. The van der Waals surface area contributed by atoms with Crippen molar-refractivity contribution in [2.24, 2.45) is 5.92 Å². The van der Waals surface area contributed by atoms with Gasteiger partial charge in [-0.05, 0) is 26.2 Å². The van der Waals surface area contributed by atoms with Crippen molar-refractivity contribution >= 4 is 5.78 Å². The third-order valence-corrected chi connectivity index (χ3v) is 2.73. The normalized spacial score (nSPS) is 17.2. The number of rotatable bonds is 6. The summed E-state index contributed by atoms with van der Waals surface area (Å²) in [6.07, 6.45) is 5.42. The van der Waals surface area contributed by atoms with E-state index in [0.29, 0.717) is 24.9 Å². The number of ketones is 1. The average molecular weight is 196 g/mol. The Morgan fingerprint density at radius 3 is 2.64 bits per heavy atom. The zero-order valence-corrected chi connectivity index (χ0v) is 9.05. The van der Waals surface area contributed by atoms with E-state index in [0.717, 1.165) is 24.8 Å². The lowest BCUT2D eigenvalue weighted by Crippen LogP contribution is -2.17. The molecule has 0 aliphatic heterocycles. The molecule has 1 fully saturated rings. The van der Waals surface area contributed by atoms with Gasteiger partial charge in [0.25, 0.3) is 0 Å². The van der Waals surface area contributed by atoms with Crippen LogP contribution in [0.5, 0.6) is 0 Å². The van der Waals surface area contributed by atoms with Crippen molar-refractivity contribution in [3.8, 4) is 0 Å². The number of carbonyl (C=O) groups excluding carboxylic acids is 1. The summed E-state index contributed by atoms with van der Waals surface area (Å²) in [7, 11) is 0. The highest BCUT2D eigenvalue weighted by atomic mass is 16.5. The van der Waals surface area contributed by atoms with Gasteiger partial charge in [0.15, 0.2) is 5.78 Å². The summed E-state index contributed by atoms with van der Waals surface area (Å²) in [5, 5.41) is 0. The van der Waals surface area contributed by atoms with E-state index >= 15 is 0 Å². The third-order valence-electron chi connectivity index (χ3n) is 2.73. The number of Topliss-reactive ketones (excluding diaryl/α,β-unsaturated/α-hetero) is 1. The van der Waals surface area contributed by atoms with Crippen LogP contribution in [0.3, 0.4) is 0 Å². The molecule has 1 saturated carbocycles. The Hall–Kier alpha value is -0.630. The summed E-state index contributed by atoms with van der Waals surface area (Å²) >= 11 is 0. The molecule has 0 amide bonds. The smallest absolute Gasteiger partial charge is 0.161 e. The van der Waals surface area contributed by atoms with Gasteiger partial charge in [-0.2, -0.15) is 0 Å². The molecule has 0 saturated heterocycles. The van der Waals surface area contributed by atoms with Crippen LogP contribution in [-0.4, -0.2) is 19.0 Å². The summed E-state index contributed by atoms with van der Waals surface area (Å²) in [6, 6.07) is 0. The fourth-order valence-electron chi connectivity index (χ4n) is 1.78. The highest BCUT2D eigenvalue weighted by molar-refractivity contribution is 5.82. The quantitative estimate of drug-likeness (QED) is 0.482. The minimum absolute atomic E-state index is 0.292. The molecule has 14 heavy (non-hydrogen) atoms. The van der Waals surface area contributed by atoms with Gasteiger partial charge in [0.2, 0.25) is 0 Å². The zero-order chi connectivity index (χ0) is 10.4. The predicted octanol–water partition coefficient (Wildman–Crippen LogP) is 2.73. The molecule has 0 heterocycles. The Morgan fingerprint density at radius 2 is 2.07 bits per heavy atom. The van der Waals surface area contributed by atoms with Gasteiger partial charge < -0.3 is 4.74 Å². The molecule has 1 aliphatic rings. The van der Waals surface area contributed by atoms with Crippen molar-refractivity contribution in [2.75, 3.05) is 13.2 Å². The lowest BCUT2D eigenvalue weighted by molar-refractivity contribution is -0.127. The van der Waals surface area contributed by atoms with E-state index in [2.05, 4.69) is 6.58 Å². The maximum atomic E-state index is 11.5. The van der Waals surface area contributed by atoms with Crippen LogP contribution < -0.4 is 0 Å². The number of ether oxygens (including phenoxy) is 1. The number of hydrogen-bond donors (Lipinski definition) is 0. The van der Waals surface area contributed by atoms with Gasteiger partial charge in [-0.3, -0.25) is 4.79 Å². The standard InChI is InChI=1S/C12H20O2/c1-10(2)7-8-14-9-12(13)11-5-3-4-6-11/h11H,1,3-9H2,2H3. The van der Waals surface area contributed by atoms with E-state index in [1.54, 1.807) is 0 Å². The first-order valence-electron chi connectivity index (χ1n) is 5.45. The van der Waals surface area contributed by atoms with Gasteiger partial charge in [0, 0.05) is 5.92 Å². The first-order valence-corrected chi connectivity index (χ1v) is 5.45. The summed E-state index contributed by atoms with van der Waals surface area (Å²) in [5.41, 5.74) is 1.11. The van der Waals surface area contributed by atoms with Crippen molar-refractivity contribution in [1.82, 2.24) is 0 Å². The molecule has 2 heteroatoms. The van der Waals surface area contributed by atoms with Gasteiger partial charge in [0.1, 0.15) is 6.61 Å². The Bertz CT molecular complexity index is 202. The van der Waals surface area contributed by atoms with Gasteiger partial charge >= 0.3 is 0 Å². The Balaban J connectivity index is 2.05. The largest absolute Gasteiger partial charge is 0.373 e. The molecule has 1 rings (SSSR count). The van der Waals surface area contributed by atoms with E-state index in [9.17, 15) is 4.79 Å². The fraction of sp³-hybridized carbons (Fsp3) is 0.750. The molecule has 0 spiro atoms. The Kier molecular flexibility index (Phi) is 4.88. The molecule has 0 aromatic carbocycles. The monoisotopic (exact) mass is 196 g/mol. The number of hydrogen-bond acceptors (Lipinski definition) is 2. The second-order valence-corrected chi connectivity index (χ2v) is 4.21. The van der Waals surface area contributed by atoms with Crippen LogP contribution in [0.1, 0.15) is 39.0 Å². The molecule has 0 unspecified atom stereocenters. The van der Waals surface area contributed by atoms with Crippen LogP contribution in [0.25, 0.3) is 0 Å². The highest BCUT2D eigenvalue weighted by Gasteiger charge is 2.22. The number of carbonyl (C=O) groups is 1. The van der Waals surface area contributed by atoms with Crippen molar-refractivity contribution in [3.05, 3.63) is 12.2 Å². The molecule has 0 bridgehead atoms. The summed E-state index contributed by atoms with van der Waals surface area (Å²) < 4.78 is 5.31. The first-order chi connectivity index (χ1) is 6.70. The van der Waals surface area contributed by atoms with Gasteiger partial charge in [-0.25, -0.2) is 0 Å². The SMILES string of the molecule is C=C(C)CCOCC(=O)C1CCCC1. The van der Waals surface area contributed by atoms with Crippen molar-refractivity contribution < 1.29 is 9.53 Å². The lowest BCUT2D eigenvalue weighted by atomic mass is 10.0. The lowest BCUT2D eigenvalue weighted by Gasteiger charge is -2.08. The van der Waals surface area contributed by atoms with Crippen molar-refractivity contribution in [2.45, 2.75) is 39.0 Å². The van der Waals surface area contributed by atoms with Crippen LogP contribution in [0.2, 0.25) is 0 Å². The predicted molar refractivity (Wildman–Crippen MR) is 57.2 cm³/mol. The summed E-state index contributed by atoms with van der Waals surface area (Å²) in [6.45, 7) is 6.69. The topological polar surface area (TPSA) is 26.3 Å². The van der Waals surface area contributed by atoms with Crippen LogP contribution >= 0.6 is 0 Å². The zero-order valence-electron chi connectivity index (χ0n) is 9.05. The van der Waals surface area contributed by atoms with Crippen LogP contribution in [0.15, 0.2) is 12.2 Å². The second-order valence-electron chi connectivity index (χ2n) is 4.21. The van der Waals surface area contributed by atoms with Crippen LogP contribution in [-0.2, 0) is 9.53 Å². The maximum Gasteiger partial charge on any atom is 0.161 e. The van der Waals surface area contributed by atoms with E-state index in [1.165, 1.54) is 12.8 Å². The Morgan fingerprint density at radius 1 is 1.43 bits per heavy atom. The van der Waals surface area contributed by atoms with E-state index in [-0.39, 0.29) is 0 Å². The van der Waals surface area contributed by atoms with Crippen LogP contribution in [0.4, 0.5) is 0 Å². The van der Waals surface area contributed by atoms with Crippen molar-refractivity contribution in [1.29, 1.82) is 0 Å². The summed E-state index contributed by atoms with van der Waals surface area (Å²) in [5.74, 6) is 0.587. The molecule has 80 valence electrons. The minimum atomic E-state index is 0.292. The van der Waals surface area contributed by atoms with Gasteiger partial charge in [0.05, 0.1) is 6.61 Å². The van der Waals surface area contributed by atoms with E-state index < -0.39 is 0 Å². The van der Waals surface area contributed by atoms with E-state index in [1.807, 2.05) is 6.92 Å². The molecule has 0 atom stereocenters. The second kappa shape index (κ2) is 5.97. The molecule has 0 aromatic heterocycles. The highest BCUT2D eigenvalue weighted by Crippen LogP contribution is 2.25. The molecular weight excluding hydrogens is 176 g/mol.